The third-order valence-corrected chi connectivity index (χ3v) is 4.14. The third-order valence-electron chi connectivity index (χ3n) is 3.25. The Kier molecular flexibility index (Phi) is 6.58. The minimum absolute atomic E-state index is 0.0623. The van der Waals surface area contributed by atoms with Gasteiger partial charge >= 0.3 is 0 Å². The molecule has 1 rings (SSSR count). The smallest absolute Gasteiger partial charge is 0.137 e. The van der Waals surface area contributed by atoms with Gasteiger partial charge in [-0.25, -0.2) is 4.39 Å². The second-order valence-corrected chi connectivity index (χ2v) is 6.73. The largest absolute Gasteiger partial charge is 0.376 e. The first-order valence-corrected chi connectivity index (χ1v) is 7.61. The van der Waals surface area contributed by atoms with Gasteiger partial charge in [0.2, 0.25) is 0 Å². The van der Waals surface area contributed by atoms with E-state index in [9.17, 15) is 4.39 Å². The molecule has 0 aliphatic rings. The van der Waals surface area contributed by atoms with Gasteiger partial charge in [-0.2, -0.15) is 0 Å². The van der Waals surface area contributed by atoms with Gasteiger partial charge in [0.25, 0.3) is 0 Å². The molecular formula is C15H24BrFN2O. The molecule has 0 fully saturated rings. The quantitative estimate of drug-likeness (QED) is 0.612. The van der Waals surface area contributed by atoms with Crippen LogP contribution in [0.25, 0.3) is 0 Å². The third kappa shape index (κ3) is 4.52. The molecule has 1 aromatic rings. The Balaban J connectivity index is 2.97. The van der Waals surface area contributed by atoms with Crippen molar-refractivity contribution in [3.63, 3.8) is 0 Å². The van der Waals surface area contributed by atoms with Gasteiger partial charge in [-0.1, -0.05) is 32.9 Å². The molecule has 0 radical (unpaired) electrons. The van der Waals surface area contributed by atoms with E-state index in [-0.39, 0.29) is 23.4 Å². The van der Waals surface area contributed by atoms with E-state index in [0.29, 0.717) is 17.5 Å². The van der Waals surface area contributed by atoms with Gasteiger partial charge in [0.05, 0.1) is 16.6 Å². The summed E-state index contributed by atoms with van der Waals surface area (Å²) in [6.45, 7) is 8.91. The highest BCUT2D eigenvalue weighted by molar-refractivity contribution is 9.10. The molecule has 5 heteroatoms. The highest BCUT2D eigenvalue weighted by Crippen LogP contribution is 2.28. The Hall–Kier alpha value is -0.490. The SMILES string of the molecule is CCOC(C(Cc1cccc(F)c1Br)NN)C(C)(C)C. The molecule has 2 atom stereocenters. The highest BCUT2D eigenvalue weighted by atomic mass is 79.9. The van der Waals surface area contributed by atoms with E-state index in [1.807, 2.05) is 13.0 Å². The van der Waals surface area contributed by atoms with Gasteiger partial charge in [0, 0.05) is 6.61 Å². The first kappa shape index (κ1) is 17.6. The Morgan fingerprint density at radius 3 is 2.55 bits per heavy atom. The fourth-order valence-electron chi connectivity index (χ4n) is 2.35. The molecule has 0 spiro atoms. The van der Waals surface area contributed by atoms with Crippen molar-refractivity contribution in [1.29, 1.82) is 0 Å². The lowest BCUT2D eigenvalue weighted by atomic mass is 9.82. The molecule has 0 bridgehead atoms. The van der Waals surface area contributed by atoms with Crippen LogP contribution in [0.4, 0.5) is 4.39 Å². The minimum Gasteiger partial charge on any atom is -0.376 e. The van der Waals surface area contributed by atoms with E-state index in [0.717, 1.165) is 5.56 Å². The fourth-order valence-corrected chi connectivity index (χ4v) is 2.77. The van der Waals surface area contributed by atoms with Crippen LogP contribution in [0, 0.1) is 11.2 Å². The average molecular weight is 347 g/mol. The molecule has 3 nitrogen and oxygen atoms in total. The van der Waals surface area contributed by atoms with Crippen LogP contribution in [-0.2, 0) is 11.2 Å². The maximum atomic E-state index is 13.6. The van der Waals surface area contributed by atoms with Crippen molar-refractivity contribution in [1.82, 2.24) is 5.43 Å². The van der Waals surface area contributed by atoms with Gasteiger partial charge in [-0.15, -0.1) is 0 Å². The molecule has 0 saturated heterocycles. The van der Waals surface area contributed by atoms with Crippen molar-refractivity contribution in [2.24, 2.45) is 11.3 Å². The van der Waals surface area contributed by atoms with Gasteiger partial charge < -0.3 is 4.74 Å². The molecule has 114 valence electrons. The van der Waals surface area contributed by atoms with Crippen molar-refractivity contribution in [2.45, 2.75) is 46.3 Å². The van der Waals surface area contributed by atoms with E-state index in [2.05, 4.69) is 42.1 Å². The molecule has 0 saturated carbocycles. The Morgan fingerprint density at radius 1 is 1.40 bits per heavy atom. The summed E-state index contributed by atoms with van der Waals surface area (Å²) in [6.07, 6.45) is 0.532. The van der Waals surface area contributed by atoms with Crippen LogP contribution in [0.5, 0.6) is 0 Å². The number of hydrazine groups is 1. The normalized spacial score (nSPS) is 15.2. The summed E-state index contributed by atoms with van der Waals surface area (Å²) in [6, 6.07) is 4.94. The van der Waals surface area contributed by atoms with Crippen molar-refractivity contribution in [3.05, 3.63) is 34.1 Å². The summed E-state index contributed by atoms with van der Waals surface area (Å²) in [4.78, 5) is 0. The molecule has 20 heavy (non-hydrogen) atoms. The van der Waals surface area contributed by atoms with Crippen LogP contribution < -0.4 is 11.3 Å². The number of nitrogens with two attached hydrogens (primary N) is 1. The van der Waals surface area contributed by atoms with Gasteiger partial charge in [0.1, 0.15) is 5.82 Å². The molecule has 1 aromatic carbocycles. The van der Waals surface area contributed by atoms with E-state index < -0.39 is 0 Å². The molecule has 0 aromatic heterocycles. The summed E-state index contributed by atoms with van der Waals surface area (Å²) >= 11 is 3.29. The number of halogens is 2. The van der Waals surface area contributed by atoms with E-state index in [4.69, 9.17) is 10.6 Å². The molecule has 0 aliphatic carbocycles. The van der Waals surface area contributed by atoms with E-state index in [1.54, 1.807) is 6.07 Å². The van der Waals surface area contributed by atoms with E-state index in [1.165, 1.54) is 6.07 Å². The number of ether oxygens (including phenoxy) is 1. The first-order chi connectivity index (χ1) is 9.31. The number of benzene rings is 1. The minimum atomic E-state index is -0.262. The molecule has 2 unspecified atom stereocenters. The monoisotopic (exact) mass is 346 g/mol. The van der Waals surface area contributed by atoms with Crippen LogP contribution in [0.2, 0.25) is 0 Å². The van der Waals surface area contributed by atoms with Crippen LogP contribution in [0.15, 0.2) is 22.7 Å². The van der Waals surface area contributed by atoms with Crippen LogP contribution >= 0.6 is 15.9 Å². The van der Waals surface area contributed by atoms with Crippen molar-refractivity contribution in [3.8, 4) is 0 Å². The average Bonchev–Trinajstić information content (AvgIpc) is 2.37. The second-order valence-electron chi connectivity index (χ2n) is 5.93. The molecule has 0 amide bonds. The number of rotatable bonds is 6. The number of hydrogen-bond donors (Lipinski definition) is 2. The topological polar surface area (TPSA) is 47.3 Å². The van der Waals surface area contributed by atoms with Crippen molar-refractivity contribution < 1.29 is 9.13 Å². The predicted molar refractivity (Wildman–Crippen MR) is 83.8 cm³/mol. The standard InChI is InChI=1S/C15H24BrFN2O/c1-5-20-14(15(2,3)4)12(19-18)9-10-7-6-8-11(17)13(10)16/h6-8,12,14,19H,5,9,18H2,1-4H3. The maximum Gasteiger partial charge on any atom is 0.137 e. The summed E-state index contributed by atoms with van der Waals surface area (Å²) in [5, 5.41) is 0. The second kappa shape index (κ2) is 7.50. The highest BCUT2D eigenvalue weighted by Gasteiger charge is 2.32. The van der Waals surface area contributed by atoms with Crippen molar-refractivity contribution in [2.75, 3.05) is 6.61 Å². The Labute approximate surface area is 129 Å². The zero-order valence-electron chi connectivity index (χ0n) is 12.5. The van der Waals surface area contributed by atoms with Crippen molar-refractivity contribution >= 4 is 15.9 Å². The lowest BCUT2D eigenvalue weighted by molar-refractivity contribution is -0.0356. The number of nitrogens with one attached hydrogen (secondary N) is 1. The Bertz CT molecular complexity index is 434. The first-order valence-electron chi connectivity index (χ1n) is 6.81. The Morgan fingerprint density at radius 2 is 2.05 bits per heavy atom. The van der Waals surface area contributed by atoms with E-state index >= 15 is 0 Å². The number of hydrogen-bond acceptors (Lipinski definition) is 3. The zero-order valence-corrected chi connectivity index (χ0v) is 14.1. The summed E-state index contributed by atoms with van der Waals surface area (Å²) in [7, 11) is 0. The summed E-state index contributed by atoms with van der Waals surface area (Å²) < 4.78 is 19.9. The predicted octanol–water partition coefficient (Wildman–Crippen LogP) is 3.41. The van der Waals surface area contributed by atoms with Crippen LogP contribution in [-0.4, -0.2) is 18.8 Å². The maximum absolute atomic E-state index is 13.6. The lowest BCUT2D eigenvalue weighted by Crippen LogP contribution is -2.52. The molecule has 3 N–H and O–H groups in total. The van der Waals surface area contributed by atoms with Gasteiger partial charge in [-0.3, -0.25) is 11.3 Å². The fraction of sp³-hybridized carbons (Fsp3) is 0.600. The lowest BCUT2D eigenvalue weighted by Gasteiger charge is -2.36. The van der Waals surface area contributed by atoms with Gasteiger partial charge in [-0.05, 0) is 46.3 Å². The summed E-state index contributed by atoms with van der Waals surface area (Å²) in [5.74, 6) is 5.44. The van der Waals surface area contributed by atoms with Crippen LogP contribution in [0.3, 0.4) is 0 Å². The van der Waals surface area contributed by atoms with Gasteiger partial charge in [0.15, 0.2) is 0 Å². The summed E-state index contributed by atoms with van der Waals surface area (Å²) in [5.41, 5.74) is 3.63. The molecule has 0 heterocycles. The molecule has 0 aliphatic heterocycles. The molecular weight excluding hydrogens is 323 g/mol. The zero-order chi connectivity index (χ0) is 15.3. The van der Waals surface area contributed by atoms with Crippen LogP contribution in [0.1, 0.15) is 33.3 Å².